The van der Waals surface area contributed by atoms with Crippen LogP contribution in [-0.2, 0) is 19.1 Å². The first-order valence-electron chi connectivity index (χ1n) is 7.06. The van der Waals surface area contributed by atoms with Crippen LogP contribution in [0.25, 0.3) is 0 Å². The van der Waals surface area contributed by atoms with E-state index in [2.05, 4.69) is 4.90 Å². The Bertz CT molecular complexity index is 385. The summed E-state index contributed by atoms with van der Waals surface area (Å²) in [6, 6.07) is -0.0577. The first-order chi connectivity index (χ1) is 10.5. The number of nitrogens with zero attached hydrogens (tertiary/aromatic N) is 2. The number of aliphatic hydroxyl groups excluding tert-OH is 1. The predicted octanol–water partition coefficient (Wildman–Crippen LogP) is -1.54. The minimum Gasteiger partial charge on any atom is -0.483 e. The molecule has 2 atom stereocenters. The van der Waals surface area contributed by atoms with Gasteiger partial charge in [-0.3, -0.25) is 19.3 Å². The Kier molecular flexibility index (Phi) is 7.78. The van der Waals surface area contributed by atoms with Crippen molar-refractivity contribution in [3.8, 4) is 0 Å². The quantitative estimate of drug-likeness (QED) is 0.532. The lowest BCUT2D eigenvalue weighted by atomic mass is 10.1. The van der Waals surface area contributed by atoms with Crippen molar-refractivity contribution in [1.82, 2.24) is 9.80 Å². The molecule has 9 heteroatoms. The van der Waals surface area contributed by atoms with Crippen molar-refractivity contribution in [2.24, 2.45) is 0 Å². The highest BCUT2D eigenvalue weighted by Crippen LogP contribution is 2.18. The topological polar surface area (TPSA) is 128 Å². The average Bonchev–Trinajstić information content (AvgIpc) is 2.88. The van der Waals surface area contributed by atoms with Crippen molar-refractivity contribution in [2.45, 2.75) is 25.0 Å². The number of likely N-dealkylation sites (tertiary alicyclic amines) is 1. The lowest BCUT2D eigenvalue weighted by Gasteiger charge is -2.33. The van der Waals surface area contributed by atoms with Crippen LogP contribution in [-0.4, -0.2) is 95.0 Å². The second kappa shape index (κ2) is 9.34. The number of ether oxygens (including phenoxy) is 1. The number of rotatable bonds is 4. The van der Waals surface area contributed by atoms with Gasteiger partial charge in [-0.1, -0.05) is 0 Å². The number of hydrogen-bond donors (Lipinski definition) is 3. The van der Waals surface area contributed by atoms with E-state index in [1.54, 1.807) is 4.90 Å². The van der Waals surface area contributed by atoms with Crippen LogP contribution in [0.1, 0.15) is 12.8 Å². The third-order valence-electron chi connectivity index (χ3n) is 3.68. The molecule has 2 aliphatic heterocycles. The summed E-state index contributed by atoms with van der Waals surface area (Å²) in [6.07, 6.45) is -0.724. The highest BCUT2D eigenvalue weighted by Gasteiger charge is 2.37. The summed E-state index contributed by atoms with van der Waals surface area (Å²) in [6.45, 7) is 3.34. The Morgan fingerprint density at radius 1 is 1.18 bits per heavy atom. The second-order valence-corrected chi connectivity index (χ2v) is 5.08. The van der Waals surface area contributed by atoms with Crippen LogP contribution >= 0.6 is 0 Å². The van der Waals surface area contributed by atoms with E-state index >= 15 is 0 Å². The van der Waals surface area contributed by atoms with E-state index in [0.717, 1.165) is 13.1 Å². The largest absolute Gasteiger partial charge is 0.483 e. The van der Waals surface area contributed by atoms with Gasteiger partial charge < -0.3 is 25.0 Å². The summed E-state index contributed by atoms with van der Waals surface area (Å²) in [4.78, 5) is 34.3. The number of carbonyl (C=O) groups excluding carboxylic acids is 1. The zero-order chi connectivity index (χ0) is 16.5. The molecule has 22 heavy (non-hydrogen) atoms. The zero-order valence-corrected chi connectivity index (χ0v) is 12.3. The minimum absolute atomic E-state index is 0.00210. The van der Waals surface area contributed by atoms with Gasteiger partial charge in [0.2, 0.25) is 5.91 Å². The van der Waals surface area contributed by atoms with Crippen molar-refractivity contribution in [3.63, 3.8) is 0 Å². The van der Waals surface area contributed by atoms with Crippen molar-refractivity contribution in [1.29, 1.82) is 0 Å². The number of β-amino-alcohol motifs (C(OH)–C–C–N with tert-alkyl or cyclic N) is 1. The van der Waals surface area contributed by atoms with Crippen molar-refractivity contribution >= 4 is 18.3 Å². The molecule has 0 radical (unpaired) electrons. The minimum atomic E-state index is -0.974. The van der Waals surface area contributed by atoms with E-state index < -0.39 is 12.1 Å². The van der Waals surface area contributed by atoms with Crippen molar-refractivity contribution < 1.29 is 34.4 Å². The summed E-state index contributed by atoms with van der Waals surface area (Å²) in [5, 5.41) is 25.5. The SMILES string of the molecule is O=C(O)CCC(=O)N1C[C@H](O)[C@@H](N2CCOCC2)C1.O=CO. The Hall–Kier alpha value is -1.71. The van der Waals surface area contributed by atoms with Gasteiger partial charge in [-0.15, -0.1) is 0 Å². The number of carbonyl (C=O) groups is 3. The molecule has 0 aromatic heterocycles. The summed E-state index contributed by atoms with van der Waals surface area (Å²) in [7, 11) is 0. The van der Waals surface area contributed by atoms with Gasteiger partial charge in [-0.05, 0) is 0 Å². The number of carboxylic acid groups (broad SMARTS) is 2. The summed E-state index contributed by atoms with van der Waals surface area (Å²) in [5.41, 5.74) is 0. The zero-order valence-electron chi connectivity index (χ0n) is 12.3. The van der Waals surface area contributed by atoms with Crippen LogP contribution in [0.5, 0.6) is 0 Å². The van der Waals surface area contributed by atoms with Gasteiger partial charge in [0.15, 0.2) is 0 Å². The molecule has 2 rings (SSSR count). The van der Waals surface area contributed by atoms with Crippen LogP contribution in [0.15, 0.2) is 0 Å². The summed E-state index contributed by atoms with van der Waals surface area (Å²) >= 11 is 0. The molecule has 0 bridgehead atoms. The van der Waals surface area contributed by atoms with Gasteiger partial charge in [-0.2, -0.15) is 0 Å². The molecule has 0 aromatic carbocycles. The molecular formula is C13H22N2O7. The molecule has 0 saturated carbocycles. The van der Waals surface area contributed by atoms with E-state index in [0.29, 0.717) is 26.3 Å². The lowest BCUT2D eigenvalue weighted by molar-refractivity contribution is -0.140. The molecule has 9 nitrogen and oxygen atoms in total. The molecule has 2 saturated heterocycles. The molecule has 1 amide bonds. The second-order valence-electron chi connectivity index (χ2n) is 5.08. The monoisotopic (exact) mass is 318 g/mol. The van der Waals surface area contributed by atoms with E-state index in [9.17, 15) is 14.7 Å². The Morgan fingerprint density at radius 3 is 2.32 bits per heavy atom. The predicted molar refractivity (Wildman–Crippen MR) is 74.3 cm³/mol. The van der Waals surface area contributed by atoms with Crippen molar-refractivity contribution in [3.05, 3.63) is 0 Å². The van der Waals surface area contributed by atoms with Crippen LogP contribution in [0.2, 0.25) is 0 Å². The highest BCUT2D eigenvalue weighted by atomic mass is 16.5. The molecule has 0 aliphatic carbocycles. The number of carboxylic acids is 1. The number of hydrogen-bond acceptors (Lipinski definition) is 6. The fourth-order valence-electron chi connectivity index (χ4n) is 2.61. The van der Waals surface area contributed by atoms with E-state index in [-0.39, 0.29) is 31.3 Å². The molecule has 0 spiro atoms. The Labute approximate surface area is 128 Å². The maximum atomic E-state index is 11.8. The van der Waals surface area contributed by atoms with Gasteiger partial charge in [0.1, 0.15) is 0 Å². The van der Waals surface area contributed by atoms with E-state index in [1.165, 1.54) is 0 Å². The molecule has 0 aromatic rings. The Balaban J connectivity index is 0.000000745. The van der Waals surface area contributed by atoms with Crippen LogP contribution in [0.3, 0.4) is 0 Å². The number of amides is 1. The standard InChI is InChI=1S/C12H20N2O5.CH2O2/c15-10-8-14(11(16)1-2-12(17)18)7-9(10)13-3-5-19-6-4-13;2-1-3/h9-10,15H,1-8H2,(H,17,18);1H,(H,2,3)/t9-,10-;/m0./s1. The number of aliphatic carboxylic acids is 1. The first kappa shape index (κ1) is 18.3. The summed E-state index contributed by atoms with van der Waals surface area (Å²) < 4.78 is 5.26. The Morgan fingerprint density at radius 2 is 1.77 bits per heavy atom. The van der Waals surface area contributed by atoms with Gasteiger partial charge in [-0.25, -0.2) is 0 Å². The highest BCUT2D eigenvalue weighted by molar-refractivity contribution is 5.81. The van der Waals surface area contributed by atoms with Gasteiger partial charge in [0.25, 0.3) is 6.47 Å². The number of aliphatic hydroxyl groups is 1. The van der Waals surface area contributed by atoms with Gasteiger partial charge >= 0.3 is 5.97 Å². The molecule has 3 N–H and O–H groups in total. The van der Waals surface area contributed by atoms with Crippen molar-refractivity contribution in [2.75, 3.05) is 39.4 Å². The molecule has 126 valence electrons. The van der Waals surface area contributed by atoms with Gasteiger partial charge in [0.05, 0.1) is 31.8 Å². The number of morpholine rings is 1. The van der Waals surface area contributed by atoms with E-state index in [1.807, 2.05) is 0 Å². The average molecular weight is 318 g/mol. The third kappa shape index (κ3) is 5.58. The van der Waals surface area contributed by atoms with E-state index in [4.69, 9.17) is 19.7 Å². The summed E-state index contributed by atoms with van der Waals surface area (Å²) in [5.74, 6) is -1.17. The smallest absolute Gasteiger partial charge is 0.303 e. The third-order valence-corrected chi connectivity index (χ3v) is 3.68. The van der Waals surface area contributed by atoms with Gasteiger partial charge in [0, 0.05) is 32.6 Å². The first-order valence-corrected chi connectivity index (χ1v) is 7.06. The molecule has 2 aliphatic rings. The molecular weight excluding hydrogens is 296 g/mol. The molecule has 2 heterocycles. The lowest BCUT2D eigenvalue weighted by Crippen LogP contribution is -2.49. The van der Waals surface area contributed by atoms with Crippen LogP contribution < -0.4 is 0 Å². The molecule has 0 unspecified atom stereocenters. The normalized spacial score (nSPS) is 25.2. The maximum absolute atomic E-state index is 11.8. The molecule has 2 fully saturated rings. The maximum Gasteiger partial charge on any atom is 0.303 e. The fraction of sp³-hybridized carbons (Fsp3) is 0.769. The van der Waals surface area contributed by atoms with Crippen LogP contribution in [0.4, 0.5) is 0 Å². The fourth-order valence-corrected chi connectivity index (χ4v) is 2.61. The van der Waals surface area contributed by atoms with Crippen LogP contribution in [0, 0.1) is 0 Å².